The number of hydrogen-bond donors (Lipinski definition) is 1. The second kappa shape index (κ2) is 2.91. The summed E-state index contributed by atoms with van der Waals surface area (Å²) in [5.74, 6) is 0.623. The molecule has 0 saturated carbocycles. The Kier molecular flexibility index (Phi) is 1.94. The predicted molar refractivity (Wildman–Crippen MR) is 39.1 cm³/mol. The van der Waals surface area contributed by atoms with Crippen molar-refractivity contribution in [1.29, 1.82) is 0 Å². The average molecular weight is 136 g/mol. The first-order valence-electron chi connectivity index (χ1n) is 2.85. The zero-order chi connectivity index (χ0) is 7.40. The van der Waals surface area contributed by atoms with Crippen LogP contribution in [0.5, 0.6) is 0 Å². The maximum Gasteiger partial charge on any atom is 0.159 e. The van der Waals surface area contributed by atoms with Gasteiger partial charge in [-0.25, -0.2) is 15.0 Å². The fourth-order valence-electron chi connectivity index (χ4n) is 0.598. The molecule has 10 heavy (non-hydrogen) atoms. The summed E-state index contributed by atoms with van der Waals surface area (Å²) in [7, 11) is 0. The Bertz CT molecular complexity index is 243. The van der Waals surface area contributed by atoms with Crippen LogP contribution in [0, 0.1) is 6.92 Å². The van der Waals surface area contributed by atoms with Crippen molar-refractivity contribution < 1.29 is 0 Å². The summed E-state index contributed by atoms with van der Waals surface area (Å²) >= 11 is 0. The standard InChI is InChI=1S/C6H8N4/c1-5-2-8-4-10-6(5)9-3-7/h2-4H,1H3,(H2,7,8,9,10). The van der Waals surface area contributed by atoms with Gasteiger partial charge in [-0.15, -0.1) is 0 Å². The minimum Gasteiger partial charge on any atom is -0.390 e. The molecule has 1 heterocycles. The molecular weight excluding hydrogens is 128 g/mol. The van der Waals surface area contributed by atoms with Gasteiger partial charge in [0.25, 0.3) is 0 Å². The van der Waals surface area contributed by atoms with E-state index in [9.17, 15) is 0 Å². The molecule has 0 radical (unpaired) electrons. The summed E-state index contributed by atoms with van der Waals surface area (Å²) in [5, 5.41) is 0. The van der Waals surface area contributed by atoms with Gasteiger partial charge in [-0.05, 0) is 6.92 Å². The Balaban J connectivity index is 3.03. The summed E-state index contributed by atoms with van der Waals surface area (Å²) < 4.78 is 0. The molecule has 0 bridgehead atoms. The number of aliphatic imine (C=N–C) groups is 1. The largest absolute Gasteiger partial charge is 0.390 e. The van der Waals surface area contributed by atoms with Crippen molar-refractivity contribution in [2.45, 2.75) is 6.92 Å². The molecule has 0 spiro atoms. The van der Waals surface area contributed by atoms with Gasteiger partial charge in [0.1, 0.15) is 6.33 Å². The number of aromatic nitrogens is 2. The average Bonchev–Trinajstić information content (AvgIpc) is 1.94. The van der Waals surface area contributed by atoms with Gasteiger partial charge in [0.15, 0.2) is 5.82 Å². The van der Waals surface area contributed by atoms with Crippen LogP contribution < -0.4 is 5.73 Å². The smallest absolute Gasteiger partial charge is 0.159 e. The van der Waals surface area contributed by atoms with Crippen LogP contribution in [0.2, 0.25) is 0 Å². The van der Waals surface area contributed by atoms with Gasteiger partial charge in [0.05, 0.1) is 6.34 Å². The van der Waals surface area contributed by atoms with Crippen molar-refractivity contribution in [2.75, 3.05) is 0 Å². The summed E-state index contributed by atoms with van der Waals surface area (Å²) in [4.78, 5) is 11.5. The lowest BCUT2D eigenvalue weighted by molar-refractivity contribution is 1.11. The molecule has 0 aromatic carbocycles. The summed E-state index contributed by atoms with van der Waals surface area (Å²) in [6.45, 7) is 1.88. The zero-order valence-corrected chi connectivity index (χ0v) is 5.65. The summed E-state index contributed by atoms with van der Waals surface area (Å²) in [6.07, 6.45) is 4.35. The molecule has 0 atom stereocenters. The van der Waals surface area contributed by atoms with Crippen LogP contribution in [-0.4, -0.2) is 16.3 Å². The van der Waals surface area contributed by atoms with Crippen molar-refractivity contribution in [3.8, 4) is 0 Å². The van der Waals surface area contributed by atoms with E-state index in [0.717, 1.165) is 5.56 Å². The lowest BCUT2D eigenvalue weighted by atomic mass is 10.4. The van der Waals surface area contributed by atoms with Crippen molar-refractivity contribution in [3.05, 3.63) is 18.1 Å². The van der Waals surface area contributed by atoms with Gasteiger partial charge in [0, 0.05) is 11.8 Å². The van der Waals surface area contributed by atoms with Gasteiger partial charge < -0.3 is 5.73 Å². The maximum absolute atomic E-state index is 5.08. The zero-order valence-electron chi connectivity index (χ0n) is 5.65. The van der Waals surface area contributed by atoms with Gasteiger partial charge in [-0.3, -0.25) is 0 Å². The van der Waals surface area contributed by atoms with E-state index in [-0.39, 0.29) is 0 Å². The van der Waals surface area contributed by atoms with Crippen molar-refractivity contribution >= 4 is 12.2 Å². The van der Waals surface area contributed by atoms with Crippen molar-refractivity contribution in [1.82, 2.24) is 9.97 Å². The SMILES string of the molecule is Cc1cncnc1N=CN. The van der Waals surface area contributed by atoms with Gasteiger partial charge in [-0.1, -0.05) is 0 Å². The fourth-order valence-corrected chi connectivity index (χ4v) is 0.598. The molecule has 0 saturated heterocycles. The highest BCUT2D eigenvalue weighted by Gasteiger charge is 1.92. The molecule has 2 N–H and O–H groups in total. The van der Waals surface area contributed by atoms with Crippen LogP contribution in [0.15, 0.2) is 17.5 Å². The lowest BCUT2D eigenvalue weighted by Gasteiger charge is -1.93. The minimum absolute atomic E-state index is 0.623. The summed E-state index contributed by atoms with van der Waals surface area (Å²) in [6, 6.07) is 0. The number of nitrogens with two attached hydrogens (primary N) is 1. The monoisotopic (exact) mass is 136 g/mol. The van der Waals surface area contributed by atoms with E-state index >= 15 is 0 Å². The fraction of sp³-hybridized carbons (Fsp3) is 0.167. The molecule has 0 unspecified atom stereocenters. The first-order valence-corrected chi connectivity index (χ1v) is 2.85. The highest BCUT2D eigenvalue weighted by Crippen LogP contribution is 2.09. The third-order valence-electron chi connectivity index (χ3n) is 1.06. The van der Waals surface area contributed by atoms with Gasteiger partial charge >= 0.3 is 0 Å². The number of hydrogen-bond acceptors (Lipinski definition) is 3. The van der Waals surface area contributed by atoms with E-state index in [1.165, 1.54) is 12.7 Å². The number of rotatable bonds is 1. The van der Waals surface area contributed by atoms with Crippen LogP contribution in [0.3, 0.4) is 0 Å². The van der Waals surface area contributed by atoms with E-state index in [1.54, 1.807) is 6.20 Å². The summed E-state index contributed by atoms with van der Waals surface area (Å²) in [5.41, 5.74) is 6.00. The first kappa shape index (κ1) is 6.67. The molecule has 1 aromatic rings. The molecule has 1 rings (SSSR count). The Hall–Kier alpha value is -1.45. The van der Waals surface area contributed by atoms with E-state index < -0.39 is 0 Å². The Morgan fingerprint density at radius 3 is 3.10 bits per heavy atom. The third-order valence-corrected chi connectivity index (χ3v) is 1.06. The normalized spacial score (nSPS) is 10.5. The van der Waals surface area contributed by atoms with Crippen LogP contribution in [0.25, 0.3) is 0 Å². The van der Waals surface area contributed by atoms with Crippen LogP contribution in [0.1, 0.15) is 5.56 Å². The molecule has 4 heteroatoms. The molecule has 0 amide bonds. The molecule has 0 fully saturated rings. The van der Waals surface area contributed by atoms with E-state index in [4.69, 9.17) is 5.73 Å². The van der Waals surface area contributed by atoms with E-state index in [0.29, 0.717) is 5.82 Å². The molecule has 4 nitrogen and oxygen atoms in total. The van der Waals surface area contributed by atoms with Crippen LogP contribution >= 0.6 is 0 Å². The third kappa shape index (κ3) is 1.28. The Labute approximate surface area is 58.8 Å². The highest BCUT2D eigenvalue weighted by molar-refractivity contribution is 5.58. The van der Waals surface area contributed by atoms with Crippen LogP contribution in [-0.2, 0) is 0 Å². The number of nitrogens with zero attached hydrogens (tertiary/aromatic N) is 3. The van der Waals surface area contributed by atoms with Crippen LogP contribution in [0.4, 0.5) is 5.82 Å². The number of aryl methyl sites for hydroxylation is 1. The molecule has 1 aromatic heterocycles. The van der Waals surface area contributed by atoms with E-state index in [2.05, 4.69) is 15.0 Å². The van der Waals surface area contributed by atoms with Crippen molar-refractivity contribution in [3.63, 3.8) is 0 Å². The first-order chi connectivity index (χ1) is 4.84. The molecule has 0 aliphatic rings. The van der Waals surface area contributed by atoms with Crippen molar-refractivity contribution in [2.24, 2.45) is 10.7 Å². The quantitative estimate of drug-likeness (QED) is 0.449. The molecule has 52 valence electrons. The molecule has 0 aliphatic carbocycles. The maximum atomic E-state index is 5.08. The molecule has 0 aliphatic heterocycles. The topological polar surface area (TPSA) is 64.2 Å². The lowest BCUT2D eigenvalue weighted by Crippen LogP contribution is -1.89. The van der Waals surface area contributed by atoms with Gasteiger partial charge in [-0.2, -0.15) is 0 Å². The second-order valence-electron chi connectivity index (χ2n) is 1.81. The molecular formula is C6H8N4. The minimum atomic E-state index is 0.623. The predicted octanol–water partition coefficient (Wildman–Crippen LogP) is 0.404. The highest BCUT2D eigenvalue weighted by atomic mass is 15.0. The van der Waals surface area contributed by atoms with Gasteiger partial charge in [0.2, 0.25) is 0 Å². The Morgan fingerprint density at radius 1 is 1.70 bits per heavy atom. The second-order valence-corrected chi connectivity index (χ2v) is 1.81. The Morgan fingerprint density at radius 2 is 2.50 bits per heavy atom. The van der Waals surface area contributed by atoms with E-state index in [1.807, 2.05) is 6.92 Å².